The molecule has 6 heteroatoms. The molecule has 0 spiro atoms. The number of H-pyrrole nitrogens is 1. The molecule has 4 aromatic rings. The van der Waals surface area contributed by atoms with Crippen LogP contribution in [0.4, 0.5) is 14.5 Å². The molecule has 4 nitrogen and oxygen atoms in total. The van der Waals surface area contributed by atoms with Crippen molar-refractivity contribution in [2.24, 2.45) is 0 Å². The molecule has 3 aromatic carbocycles. The third-order valence-electron chi connectivity index (χ3n) is 5.45. The number of carbonyl (C=O) groups is 1. The van der Waals surface area contributed by atoms with E-state index in [0.717, 1.165) is 45.9 Å². The first-order chi connectivity index (χ1) is 14.9. The quantitative estimate of drug-likeness (QED) is 0.458. The maximum absolute atomic E-state index is 14.0. The van der Waals surface area contributed by atoms with Crippen LogP contribution in [-0.2, 0) is 0 Å². The van der Waals surface area contributed by atoms with Crippen LogP contribution in [0.1, 0.15) is 27.4 Å². The van der Waals surface area contributed by atoms with E-state index in [2.05, 4.69) is 10.3 Å². The van der Waals surface area contributed by atoms with E-state index in [1.807, 2.05) is 73.7 Å². The predicted molar refractivity (Wildman–Crippen MR) is 120 cm³/mol. The van der Waals surface area contributed by atoms with Gasteiger partial charge in [-0.2, -0.15) is 0 Å². The summed E-state index contributed by atoms with van der Waals surface area (Å²) >= 11 is 0. The van der Waals surface area contributed by atoms with Crippen LogP contribution in [0.5, 0.6) is 0 Å². The Labute approximate surface area is 179 Å². The molecule has 1 aromatic heterocycles. The van der Waals surface area contributed by atoms with Gasteiger partial charge < -0.3 is 15.2 Å². The van der Waals surface area contributed by atoms with Crippen LogP contribution < -0.4 is 10.2 Å². The van der Waals surface area contributed by atoms with Crippen molar-refractivity contribution in [3.63, 3.8) is 0 Å². The third-order valence-corrected chi connectivity index (χ3v) is 5.45. The number of benzene rings is 3. The summed E-state index contributed by atoms with van der Waals surface area (Å²) in [6.45, 7) is 0.234. The molecule has 2 N–H and O–H groups in total. The number of amides is 1. The fourth-order valence-electron chi connectivity index (χ4n) is 3.76. The third kappa shape index (κ3) is 4.28. The standard InChI is InChI=1S/C25H23F2N3O/c1-30(2)18-10-7-16(8-11-18)21(22-15-28-24-6-4-3-5-19(22)24)14-29-25(31)20-13-17(26)9-12-23(20)27/h3-13,15,21,28H,14H2,1-2H3,(H,29,31)/t21-/m0/s1. The maximum atomic E-state index is 14.0. The number of aromatic nitrogens is 1. The van der Waals surface area contributed by atoms with Crippen LogP contribution in [0.3, 0.4) is 0 Å². The highest BCUT2D eigenvalue weighted by atomic mass is 19.1. The normalized spacial score (nSPS) is 12.0. The van der Waals surface area contributed by atoms with Crippen molar-refractivity contribution in [3.8, 4) is 0 Å². The summed E-state index contributed by atoms with van der Waals surface area (Å²) in [5.74, 6) is -2.23. The first kappa shape index (κ1) is 20.6. The minimum atomic E-state index is -0.752. The molecule has 0 unspecified atom stereocenters. The maximum Gasteiger partial charge on any atom is 0.254 e. The molecule has 0 saturated carbocycles. The summed E-state index contributed by atoms with van der Waals surface area (Å²) in [4.78, 5) is 17.9. The second-order valence-corrected chi connectivity index (χ2v) is 7.66. The molecule has 31 heavy (non-hydrogen) atoms. The first-order valence-corrected chi connectivity index (χ1v) is 10.0. The van der Waals surface area contributed by atoms with Crippen LogP contribution in [-0.4, -0.2) is 31.5 Å². The summed E-state index contributed by atoms with van der Waals surface area (Å²) in [6.07, 6.45) is 1.93. The molecule has 0 aliphatic rings. The lowest BCUT2D eigenvalue weighted by Crippen LogP contribution is -2.29. The van der Waals surface area contributed by atoms with E-state index >= 15 is 0 Å². The largest absolute Gasteiger partial charge is 0.378 e. The number of fused-ring (bicyclic) bond motifs is 1. The van der Waals surface area contributed by atoms with Crippen molar-refractivity contribution in [3.05, 3.63) is 101 Å². The van der Waals surface area contributed by atoms with Gasteiger partial charge in [-0.1, -0.05) is 30.3 Å². The second kappa shape index (κ2) is 8.60. The van der Waals surface area contributed by atoms with Gasteiger partial charge in [-0.15, -0.1) is 0 Å². The minimum absolute atomic E-state index is 0.173. The second-order valence-electron chi connectivity index (χ2n) is 7.66. The van der Waals surface area contributed by atoms with Gasteiger partial charge in [0.1, 0.15) is 11.6 Å². The highest BCUT2D eigenvalue weighted by Gasteiger charge is 2.21. The van der Waals surface area contributed by atoms with Gasteiger partial charge in [0.2, 0.25) is 0 Å². The molecule has 0 fully saturated rings. The molecule has 1 atom stereocenters. The summed E-state index contributed by atoms with van der Waals surface area (Å²) in [5.41, 5.74) is 3.78. The number of carbonyl (C=O) groups excluding carboxylic acids is 1. The van der Waals surface area contributed by atoms with Gasteiger partial charge in [0.25, 0.3) is 5.91 Å². The number of halogens is 2. The molecular weight excluding hydrogens is 396 g/mol. The van der Waals surface area contributed by atoms with Gasteiger partial charge in [-0.05, 0) is 47.5 Å². The lowest BCUT2D eigenvalue weighted by atomic mass is 9.90. The zero-order valence-electron chi connectivity index (χ0n) is 17.3. The van der Waals surface area contributed by atoms with Crippen LogP contribution in [0.25, 0.3) is 10.9 Å². The number of para-hydroxylation sites is 1. The molecule has 1 heterocycles. The van der Waals surface area contributed by atoms with E-state index in [9.17, 15) is 13.6 Å². The van der Waals surface area contributed by atoms with Gasteiger partial charge in [-0.3, -0.25) is 4.79 Å². The number of hydrogen-bond acceptors (Lipinski definition) is 2. The Morgan fingerprint density at radius 3 is 2.52 bits per heavy atom. The molecule has 0 saturated heterocycles. The van der Waals surface area contributed by atoms with Crippen LogP contribution in [0.15, 0.2) is 72.9 Å². The number of nitrogens with one attached hydrogen (secondary N) is 2. The van der Waals surface area contributed by atoms with Gasteiger partial charge in [0.15, 0.2) is 0 Å². The van der Waals surface area contributed by atoms with E-state index in [-0.39, 0.29) is 18.0 Å². The van der Waals surface area contributed by atoms with Crippen LogP contribution >= 0.6 is 0 Å². The van der Waals surface area contributed by atoms with Crippen molar-refractivity contribution in [2.75, 3.05) is 25.5 Å². The summed E-state index contributed by atoms with van der Waals surface area (Å²) in [5, 5.41) is 3.84. The van der Waals surface area contributed by atoms with Crippen LogP contribution in [0.2, 0.25) is 0 Å². The number of hydrogen-bond donors (Lipinski definition) is 2. The molecule has 4 rings (SSSR count). The molecule has 0 aliphatic heterocycles. The first-order valence-electron chi connectivity index (χ1n) is 10.0. The molecule has 0 radical (unpaired) electrons. The SMILES string of the molecule is CN(C)c1ccc([C@H](CNC(=O)c2cc(F)ccc2F)c2c[nH]c3ccccc23)cc1. The van der Waals surface area contributed by atoms with Gasteiger partial charge in [0, 0.05) is 49.3 Å². The molecule has 0 aliphatic carbocycles. The number of rotatable bonds is 6. The molecule has 1 amide bonds. The van der Waals surface area contributed by atoms with Crippen LogP contribution in [0, 0.1) is 11.6 Å². The summed E-state index contributed by atoms with van der Waals surface area (Å²) in [7, 11) is 3.94. The average Bonchev–Trinajstić information content (AvgIpc) is 3.20. The Morgan fingerprint density at radius 2 is 1.77 bits per heavy atom. The number of aromatic amines is 1. The fourth-order valence-corrected chi connectivity index (χ4v) is 3.76. The van der Waals surface area contributed by atoms with Crippen molar-refractivity contribution >= 4 is 22.5 Å². The zero-order chi connectivity index (χ0) is 22.0. The highest BCUT2D eigenvalue weighted by molar-refractivity contribution is 5.94. The number of anilines is 1. The van der Waals surface area contributed by atoms with E-state index in [1.165, 1.54) is 0 Å². The number of nitrogens with zero attached hydrogens (tertiary/aromatic N) is 1. The Balaban J connectivity index is 1.67. The molecule has 158 valence electrons. The Hall–Kier alpha value is -3.67. The lowest BCUT2D eigenvalue weighted by molar-refractivity contribution is 0.0948. The van der Waals surface area contributed by atoms with Crippen molar-refractivity contribution in [1.29, 1.82) is 0 Å². The van der Waals surface area contributed by atoms with E-state index in [1.54, 1.807) is 0 Å². The smallest absolute Gasteiger partial charge is 0.254 e. The lowest BCUT2D eigenvalue weighted by Gasteiger charge is -2.20. The van der Waals surface area contributed by atoms with E-state index < -0.39 is 17.5 Å². The summed E-state index contributed by atoms with van der Waals surface area (Å²) in [6, 6.07) is 18.9. The zero-order valence-corrected chi connectivity index (χ0v) is 17.3. The topological polar surface area (TPSA) is 48.1 Å². The van der Waals surface area contributed by atoms with Crippen molar-refractivity contribution in [1.82, 2.24) is 10.3 Å². The Kier molecular flexibility index (Phi) is 5.71. The Morgan fingerprint density at radius 1 is 1.03 bits per heavy atom. The molecular formula is C25H23F2N3O. The minimum Gasteiger partial charge on any atom is -0.378 e. The van der Waals surface area contributed by atoms with Gasteiger partial charge in [-0.25, -0.2) is 8.78 Å². The molecule has 0 bridgehead atoms. The highest BCUT2D eigenvalue weighted by Crippen LogP contribution is 2.31. The van der Waals surface area contributed by atoms with Gasteiger partial charge >= 0.3 is 0 Å². The van der Waals surface area contributed by atoms with Crippen molar-refractivity contribution < 1.29 is 13.6 Å². The predicted octanol–water partition coefficient (Wildman–Crippen LogP) is 5.07. The van der Waals surface area contributed by atoms with E-state index in [4.69, 9.17) is 0 Å². The Bertz CT molecular complexity index is 1220. The van der Waals surface area contributed by atoms with Crippen molar-refractivity contribution in [2.45, 2.75) is 5.92 Å². The average molecular weight is 419 g/mol. The monoisotopic (exact) mass is 419 g/mol. The fraction of sp³-hybridized carbons (Fsp3) is 0.160. The summed E-state index contributed by atoms with van der Waals surface area (Å²) < 4.78 is 27.5. The van der Waals surface area contributed by atoms with Gasteiger partial charge in [0.05, 0.1) is 5.56 Å². The van der Waals surface area contributed by atoms with E-state index in [0.29, 0.717) is 0 Å².